The highest BCUT2D eigenvalue weighted by Gasteiger charge is 2.20. The van der Waals surface area contributed by atoms with Crippen LogP contribution in [0.25, 0.3) is 0 Å². The van der Waals surface area contributed by atoms with Crippen molar-refractivity contribution in [1.82, 2.24) is 4.90 Å². The first-order valence-corrected chi connectivity index (χ1v) is 9.65. The molecule has 6 nitrogen and oxygen atoms in total. The minimum Gasteiger partial charge on any atom is -0.496 e. The Morgan fingerprint density at radius 2 is 2.04 bits per heavy atom. The minimum atomic E-state index is -0.444. The van der Waals surface area contributed by atoms with Crippen LogP contribution >= 0.6 is 11.6 Å². The number of piperidine rings is 1. The molecule has 1 aromatic carbocycles. The standard InChI is InChI=1S/C19H30ClN3O3/c1-25-18-13-17(22)16(20)12-15(18)19(24)26-11-10-23-8-5-14(6-9-23)4-2-3-7-21/h12-14H,2-11,21-22H2,1H3. The number of likely N-dealkylation sites (tertiary alicyclic amines) is 1. The Bertz CT molecular complexity index is 590. The number of nitrogen functional groups attached to an aromatic ring is 1. The number of nitrogens with two attached hydrogens (primary N) is 2. The number of ether oxygens (including phenoxy) is 2. The van der Waals surface area contributed by atoms with E-state index in [2.05, 4.69) is 4.90 Å². The SMILES string of the molecule is COc1cc(N)c(Cl)cc1C(=O)OCCN1CCC(CCCCN)CC1. The molecule has 1 aromatic rings. The van der Waals surface area contributed by atoms with Gasteiger partial charge < -0.3 is 20.9 Å². The first-order chi connectivity index (χ1) is 12.5. The summed E-state index contributed by atoms with van der Waals surface area (Å²) in [5.41, 5.74) is 12.0. The molecule has 0 amide bonds. The molecule has 1 aliphatic rings. The van der Waals surface area contributed by atoms with Gasteiger partial charge in [-0.2, -0.15) is 0 Å². The summed E-state index contributed by atoms with van der Waals surface area (Å²) in [6.45, 7) is 3.99. The van der Waals surface area contributed by atoms with Gasteiger partial charge in [-0.1, -0.05) is 24.4 Å². The van der Waals surface area contributed by atoms with Crippen LogP contribution in [0, 0.1) is 5.92 Å². The predicted octanol–water partition coefficient (Wildman–Crippen LogP) is 2.93. The number of unbranched alkanes of at least 4 members (excludes halogenated alkanes) is 1. The summed E-state index contributed by atoms with van der Waals surface area (Å²) < 4.78 is 10.6. The monoisotopic (exact) mass is 383 g/mol. The number of halogens is 1. The lowest BCUT2D eigenvalue weighted by Crippen LogP contribution is -2.36. The average molecular weight is 384 g/mol. The molecule has 0 saturated carbocycles. The lowest BCUT2D eigenvalue weighted by atomic mass is 9.91. The molecule has 146 valence electrons. The number of anilines is 1. The normalized spacial score (nSPS) is 15.8. The molecule has 26 heavy (non-hydrogen) atoms. The van der Waals surface area contributed by atoms with Crippen molar-refractivity contribution in [2.45, 2.75) is 32.1 Å². The maximum absolute atomic E-state index is 12.3. The van der Waals surface area contributed by atoms with E-state index in [1.165, 1.54) is 44.9 Å². The van der Waals surface area contributed by atoms with Gasteiger partial charge >= 0.3 is 5.97 Å². The number of carbonyl (C=O) groups is 1. The molecule has 0 atom stereocenters. The molecule has 0 aromatic heterocycles. The number of hydrogen-bond donors (Lipinski definition) is 2. The average Bonchev–Trinajstić information content (AvgIpc) is 2.65. The van der Waals surface area contributed by atoms with Crippen LogP contribution in [-0.4, -0.2) is 50.8 Å². The van der Waals surface area contributed by atoms with Gasteiger partial charge in [0.1, 0.15) is 17.9 Å². The maximum atomic E-state index is 12.3. The van der Waals surface area contributed by atoms with Gasteiger partial charge in [0.15, 0.2) is 0 Å². The third-order valence-corrected chi connectivity index (χ3v) is 5.28. The van der Waals surface area contributed by atoms with Crippen LogP contribution < -0.4 is 16.2 Å². The van der Waals surface area contributed by atoms with Gasteiger partial charge in [0.25, 0.3) is 0 Å². The molecule has 4 N–H and O–H groups in total. The van der Waals surface area contributed by atoms with Gasteiger partial charge in [-0.15, -0.1) is 0 Å². The Morgan fingerprint density at radius 1 is 1.31 bits per heavy atom. The van der Waals surface area contributed by atoms with E-state index in [1.807, 2.05) is 0 Å². The number of esters is 1. The molecule has 1 saturated heterocycles. The number of benzene rings is 1. The van der Waals surface area contributed by atoms with Crippen LogP contribution in [0.1, 0.15) is 42.5 Å². The maximum Gasteiger partial charge on any atom is 0.342 e. The highest BCUT2D eigenvalue weighted by molar-refractivity contribution is 6.33. The number of hydrogen-bond acceptors (Lipinski definition) is 6. The molecule has 1 fully saturated rings. The summed E-state index contributed by atoms with van der Waals surface area (Å²) in [5, 5.41) is 0.314. The molecule has 0 unspecified atom stereocenters. The van der Waals surface area contributed by atoms with Crippen molar-refractivity contribution in [2.24, 2.45) is 11.7 Å². The Morgan fingerprint density at radius 3 is 2.69 bits per heavy atom. The molecule has 1 heterocycles. The Kier molecular flexibility index (Phi) is 8.48. The fourth-order valence-corrected chi connectivity index (χ4v) is 3.48. The number of rotatable bonds is 9. The molecular formula is C19H30ClN3O3. The van der Waals surface area contributed by atoms with Gasteiger partial charge in [0.05, 0.1) is 17.8 Å². The van der Waals surface area contributed by atoms with Crippen molar-refractivity contribution in [3.63, 3.8) is 0 Å². The quantitative estimate of drug-likeness (QED) is 0.387. The van der Waals surface area contributed by atoms with E-state index in [-0.39, 0.29) is 0 Å². The highest BCUT2D eigenvalue weighted by atomic mass is 35.5. The summed E-state index contributed by atoms with van der Waals surface area (Å²) in [4.78, 5) is 14.6. The predicted molar refractivity (Wildman–Crippen MR) is 105 cm³/mol. The smallest absolute Gasteiger partial charge is 0.342 e. The topological polar surface area (TPSA) is 90.8 Å². The fraction of sp³-hybridized carbons (Fsp3) is 0.632. The van der Waals surface area contributed by atoms with Crippen LogP contribution in [0.3, 0.4) is 0 Å². The molecule has 0 aliphatic carbocycles. The first-order valence-electron chi connectivity index (χ1n) is 9.27. The number of nitrogens with zero attached hydrogens (tertiary/aromatic N) is 1. The third kappa shape index (κ3) is 6.04. The summed E-state index contributed by atoms with van der Waals surface area (Å²) in [6.07, 6.45) is 6.04. The zero-order chi connectivity index (χ0) is 18.9. The van der Waals surface area contributed by atoms with E-state index in [4.69, 9.17) is 32.5 Å². The van der Waals surface area contributed by atoms with E-state index in [0.717, 1.165) is 38.5 Å². The van der Waals surface area contributed by atoms with Gasteiger partial charge in [0.2, 0.25) is 0 Å². The second-order valence-corrected chi connectivity index (χ2v) is 7.19. The highest BCUT2D eigenvalue weighted by Crippen LogP contribution is 2.29. The number of carbonyl (C=O) groups excluding carboxylic acids is 1. The van der Waals surface area contributed by atoms with E-state index in [9.17, 15) is 4.79 Å². The van der Waals surface area contributed by atoms with Gasteiger partial charge in [0, 0.05) is 12.6 Å². The molecule has 7 heteroatoms. The van der Waals surface area contributed by atoms with Gasteiger partial charge in [-0.3, -0.25) is 4.90 Å². The lowest BCUT2D eigenvalue weighted by Gasteiger charge is -2.31. The van der Waals surface area contributed by atoms with Crippen molar-refractivity contribution in [1.29, 1.82) is 0 Å². The van der Waals surface area contributed by atoms with Crippen LogP contribution in [0.2, 0.25) is 5.02 Å². The van der Waals surface area contributed by atoms with Crippen molar-refractivity contribution >= 4 is 23.3 Å². The van der Waals surface area contributed by atoms with Crippen LogP contribution in [0.5, 0.6) is 5.75 Å². The number of methoxy groups -OCH3 is 1. The van der Waals surface area contributed by atoms with E-state index < -0.39 is 5.97 Å². The van der Waals surface area contributed by atoms with Gasteiger partial charge in [-0.25, -0.2) is 4.79 Å². The van der Waals surface area contributed by atoms with E-state index >= 15 is 0 Å². The van der Waals surface area contributed by atoms with E-state index in [1.54, 1.807) is 0 Å². The van der Waals surface area contributed by atoms with Crippen molar-refractivity contribution < 1.29 is 14.3 Å². The molecule has 0 radical (unpaired) electrons. The molecule has 1 aliphatic heterocycles. The largest absolute Gasteiger partial charge is 0.496 e. The van der Waals surface area contributed by atoms with Crippen LogP contribution in [0.4, 0.5) is 5.69 Å². The Balaban J connectivity index is 1.73. The minimum absolute atomic E-state index is 0.297. The molecule has 0 bridgehead atoms. The second kappa shape index (κ2) is 10.6. The Labute approximate surface area is 160 Å². The van der Waals surface area contributed by atoms with Crippen LogP contribution in [-0.2, 0) is 4.74 Å². The summed E-state index contributed by atoms with van der Waals surface area (Å²) >= 11 is 6.00. The van der Waals surface area contributed by atoms with Gasteiger partial charge in [-0.05, 0) is 50.9 Å². The summed E-state index contributed by atoms with van der Waals surface area (Å²) in [6, 6.07) is 3.03. The zero-order valence-corrected chi connectivity index (χ0v) is 16.3. The molecular weight excluding hydrogens is 354 g/mol. The fourth-order valence-electron chi connectivity index (χ4n) is 3.32. The molecule has 0 spiro atoms. The van der Waals surface area contributed by atoms with Crippen molar-refractivity contribution in [3.05, 3.63) is 22.7 Å². The summed E-state index contributed by atoms with van der Waals surface area (Å²) in [7, 11) is 1.48. The summed E-state index contributed by atoms with van der Waals surface area (Å²) in [5.74, 6) is 0.733. The first kappa shape index (κ1) is 20.8. The van der Waals surface area contributed by atoms with E-state index in [0.29, 0.717) is 28.6 Å². The Hall–Kier alpha value is -1.50. The zero-order valence-electron chi connectivity index (χ0n) is 15.5. The lowest BCUT2D eigenvalue weighted by molar-refractivity contribution is 0.0436. The second-order valence-electron chi connectivity index (χ2n) is 6.78. The molecule has 2 rings (SSSR count). The van der Waals surface area contributed by atoms with Crippen molar-refractivity contribution in [3.8, 4) is 5.75 Å². The van der Waals surface area contributed by atoms with Crippen molar-refractivity contribution in [2.75, 3.05) is 45.6 Å². The third-order valence-electron chi connectivity index (χ3n) is 4.95. The van der Waals surface area contributed by atoms with Crippen LogP contribution in [0.15, 0.2) is 12.1 Å².